The smallest absolute Gasteiger partial charge is 0.335 e. The number of likely N-dealkylation sites (tertiary alicyclic amines) is 1. The number of carboxylic acids is 1. The van der Waals surface area contributed by atoms with Crippen molar-refractivity contribution >= 4 is 39.7 Å². The molecule has 298 valence electrons. The maximum absolute atomic E-state index is 14.3. The van der Waals surface area contributed by atoms with Gasteiger partial charge < -0.3 is 31.3 Å². The van der Waals surface area contributed by atoms with Gasteiger partial charge in [0.15, 0.2) is 0 Å². The van der Waals surface area contributed by atoms with Crippen LogP contribution in [0.2, 0.25) is 0 Å². The van der Waals surface area contributed by atoms with Crippen molar-refractivity contribution in [2.45, 2.75) is 98.8 Å². The number of benzene rings is 1. The molecule has 2 aliphatic rings. The number of alkyl halides is 2. The van der Waals surface area contributed by atoms with Gasteiger partial charge in [0.1, 0.15) is 18.1 Å². The minimum absolute atomic E-state index is 0.0239. The van der Waals surface area contributed by atoms with E-state index in [-0.39, 0.29) is 48.9 Å². The Morgan fingerprint density at radius 2 is 1.57 bits per heavy atom. The second kappa shape index (κ2) is 16.2. The number of hydrogen-bond donors (Lipinski definition) is 5. The number of carbonyl (C=O) groups excluding carboxylic acids is 4. The van der Waals surface area contributed by atoms with Crippen molar-refractivity contribution in [2.24, 2.45) is 28.1 Å². The van der Waals surface area contributed by atoms with Crippen LogP contribution in [0.5, 0.6) is 0 Å². The van der Waals surface area contributed by atoms with E-state index >= 15 is 0 Å². The molecule has 0 aromatic heterocycles. The molecule has 0 spiro atoms. The van der Waals surface area contributed by atoms with Crippen LogP contribution in [-0.4, -0.2) is 116 Å². The van der Waals surface area contributed by atoms with Crippen LogP contribution in [0.4, 0.5) is 13.6 Å². The number of fused-ring (bicyclic) bond motifs is 1. The molecule has 1 aliphatic carbocycles. The molecule has 17 heteroatoms. The molecule has 1 saturated heterocycles. The summed E-state index contributed by atoms with van der Waals surface area (Å²) in [5.74, 6) is -3.62. The largest absolute Gasteiger partial charge is 0.478 e. The molecular formula is C36H56F2N6O8S. The standard InChI is InChI=1S/C36H56F2N6O8S/c1-34(2,3)24(19-43(9)53(10,51)52)41-33(50)42-28(35(4,5)6)31(47)44-18-22-26(36(22,7)8)27(44)30(46)40-23(17-25(37)38)29(45)39-16-15-20-11-13-21(14-12-20)32(48)49/h11-14,22-28H,15-19H2,1-10H3,(H,39,45)(H,40,46)(H,48,49)(H2,41,42,50)/t22?,23?,24-,26?,27+,28-/m1/s1. The second-order valence-corrected chi connectivity index (χ2v) is 19.1. The third kappa shape index (κ3) is 11.1. The normalized spacial score (nSPS) is 21.3. The Balaban J connectivity index is 1.78. The van der Waals surface area contributed by atoms with E-state index in [1.165, 1.54) is 24.1 Å². The lowest BCUT2D eigenvalue weighted by Crippen LogP contribution is -2.62. The van der Waals surface area contributed by atoms with Crippen LogP contribution in [0, 0.1) is 28.1 Å². The van der Waals surface area contributed by atoms with Crippen molar-refractivity contribution in [1.82, 2.24) is 30.5 Å². The number of hydrogen-bond acceptors (Lipinski definition) is 7. The number of piperidine rings is 1. The van der Waals surface area contributed by atoms with E-state index in [4.69, 9.17) is 5.11 Å². The molecule has 2 fully saturated rings. The van der Waals surface area contributed by atoms with Crippen LogP contribution in [0.15, 0.2) is 24.3 Å². The minimum Gasteiger partial charge on any atom is -0.478 e. The topological polar surface area (TPSA) is 194 Å². The number of nitrogens with one attached hydrogen (secondary N) is 4. The SMILES string of the molecule is CN(C[C@@H](NC(=O)N[C@H](C(=O)N1CC2C([C@H]1C(=O)NC(CC(F)F)C(=O)NCCc1ccc(C(=O)O)cc1)C2(C)C)C(C)(C)C)C(C)(C)C)S(C)(=O)=O. The molecule has 1 aromatic rings. The maximum atomic E-state index is 14.3. The quantitative estimate of drug-likeness (QED) is 0.180. The Kier molecular flexibility index (Phi) is 13.3. The van der Waals surface area contributed by atoms with E-state index in [2.05, 4.69) is 21.3 Å². The Labute approximate surface area is 311 Å². The fourth-order valence-electron chi connectivity index (χ4n) is 6.82. The number of aromatic carboxylic acids is 1. The van der Waals surface area contributed by atoms with E-state index in [0.29, 0.717) is 5.56 Å². The first-order valence-electron chi connectivity index (χ1n) is 17.6. The van der Waals surface area contributed by atoms with Gasteiger partial charge in [0.05, 0.1) is 11.8 Å². The Morgan fingerprint density at radius 3 is 2.06 bits per heavy atom. The van der Waals surface area contributed by atoms with Gasteiger partial charge in [-0.05, 0) is 52.2 Å². The van der Waals surface area contributed by atoms with Crippen LogP contribution in [0.3, 0.4) is 0 Å². The summed E-state index contributed by atoms with van der Waals surface area (Å²) in [7, 11) is -2.15. The zero-order chi connectivity index (χ0) is 40.4. The molecule has 5 amide bonds. The fraction of sp³-hybridized carbons (Fsp3) is 0.694. The van der Waals surface area contributed by atoms with Crippen LogP contribution in [0.1, 0.15) is 77.7 Å². The molecule has 3 unspecified atom stereocenters. The molecule has 0 radical (unpaired) electrons. The summed E-state index contributed by atoms with van der Waals surface area (Å²) in [5.41, 5.74) is -0.974. The monoisotopic (exact) mass is 770 g/mol. The van der Waals surface area contributed by atoms with Gasteiger partial charge in [-0.15, -0.1) is 0 Å². The lowest BCUT2D eigenvalue weighted by molar-refractivity contribution is -0.144. The summed E-state index contributed by atoms with van der Waals surface area (Å²) in [4.78, 5) is 67.4. The van der Waals surface area contributed by atoms with E-state index in [0.717, 1.165) is 10.6 Å². The average molecular weight is 771 g/mol. The van der Waals surface area contributed by atoms with Gasteiger partial charge in [-0.3, -0.25) is 14.4 Å². The highest BCUT2D eigenvalue weighted by Gasteiger charge is 2.70. The molecule has 0 bridgehead atoms. The molecule has 3 rings (SSSR count). The highest BCUT2D eigenvalue weighted by Crippen LogP contribution is 2.65. The first kappa shape index (κ1) is 43.5. The predicted molar refractivity (Wildman–Crippen MR) is 195 cm³/mol. The van der Waals surface area contributed by atoms with Crippen molar-refractivity contribution in [3.05, 3.63) is 35.4 Å². The van der Waals surface area contributed by atoms with Crippen LogP contribution in [-0.2, 0) is 30.8 Å². The average Bonchev–Trinajstić information content (AvgIpc) is 3.32. The van der Waals surface area contributed by atoms with Crippen molar-refractivity contribution < 1.29 is 46.3 Å². The number of sulfonamides is 1. The molecule has 1 saturated carbocycles. The number of urea groups is 1. The Morgan fingerprint density at radius 1 is 0.981 bits per heavy atom. The van der Waals surface area contributed by atoms with Gasteiger partial charge in [0.2, 0.25) is 34.2 Å². The summed E-state index contributed by atoms with van der Waals surface area (Å²) < 4.78 is 52.8. The van der Waals surface area contributed by atoms with Gasteiger partial charge >= 0.3 is 12.0 Å². The van der Waals surface area contributed by atoms with Crippen LogP contribution >= 0.6 is 0 Å². The third-order valence-electron chi connectivity index (χ3n) is 10.5. The fourth-order valence-corrected chi connectivity index (χ4v) is 7.24. The summed E-state index contributed by atoms with van der Waals surface area (Å²) in [6.07, 6.45) is -2.55. The number of carbonyl (C=O) groups is 5. The maximum Gasteiger partial charge on any atom is 0.335 e. The number of nitrogens with zero attached hydrogens (tertiary/aromatic N) is 2. The van der Waals surface area contributed by atoms with Gasteiger partial charge in [-0.2, -0.15) is 0 Å². The summed E-state index contributed by atoms with van der Waals surface area (Å²) in [6.45, 7) is 14.8. The number of halogens is 2. The number of rotatable bonds is 15. The zero-order valence-electron chi connectivity index (χ0n) is 32.2. The Bertz CT molecular complexity index is 1640. The molecular weight excluding hydrogens is 714 g/mol. The zero-order valence-corrected chi connectivity index (χ0v) is 33.1. The van der Waals surface area contributed by atoms with Crippen LogP contribution in [0.25, 0.3) is 0 Å². The van der Waals surface area contributed by atoms with Crippen molar-refractivity contribution in [1.29, 1.82) is 0 Å². The van der Waals surface area contributed by atoms with E-state index in [9.17, 15) is 41.2 Å². The van der Waals surface area contributed by atoms with Crippen molar-refractivity contribution in [3.63, 3.8) is 0 Å². The van der Waals surface area contributed by atoms with E-state index in [1.807, 2.05) is 34.6 Å². The number of carboxylic acid groups (broad SMARTS) is 1. The van der Waals surface area contributed by atoms with Crippen molar-refractivity contribution in [3.8, 4) is 0 Å². The first-order valence-corrected chi connectivity index (χ1v) is 19.5. The number of likely N-dealkylation sites (N-methyl/N-ethyl adjacent to an activating group) is 1. The first-order chi connectivity index (χ1) is 24.2. The van der Waals surface area contributed by atoms with Gasteiger partial charge in [-0.25, -0.2) is 31.1 Å². The lowest BCUT2D eigenvalue weighted by Gasteiger charge is -2.39. The molecule has 1 aliphatic heterocycles. The second-order valence-electron chi connectivity index (χ2n) is 17.0. The highest BCUT2D eigenvalue weighted by molar-refractivity contribution is 7.88. The minimum atomic E-state index is -3.55. The predicted octanol–water partition coefficient (Wildman–Crippen LogP) is 2.69. The summed E-state index contributed by atoms with van der Waals surface area (Å²) >= 11 is 0. The highest BCUT2D eigenvalue weighted by atomic mass is 32.2. The van der Waals surface area contributed by atoms with Gasteiger partial charge in [0.25, 0.3) is 0 Å². The van der Waals surface area contributed by atoms with E-state index in [1.54, 1.807) is 32.9 Å². The molecule has 5 N–H and O–H groups in total. The van der Waals surface area contributed by atoms with E-state index < -0.39 is 87.6 Å². The summed E-state index contributed by atoms with van der Waals surface area (Å²) in [5, 5.41) is 19.7. The molecule has 53 heavy (non-hydrogen) atoms. The number of amides is 5. The molecule has 6 atom stereocenters. The summed E-state index contributed by atoms with van der Waals surface area (Å²) in [6, 6.07) is 0.794. The molecule has 1 aromatic carbocycles. The molecule has 14 nitrogen and oxygen atoms in total. The van der Waals surface area contributed by atoms with Gasteiger partial charge in [-0.1, -0.05) is 67.5 Å². The van der Waals surface area contributed by atoms with Crippen LogP contribution < -0.4 is 21.3 Å². The van der Waals surface area contributed by atoms with Crippen molar-refractivity contribution in [2.75, 3.05) is 32.9 Å². The lowest BCUT2D eigenvalue weighted by atomic mass is 9.85. The third-order valence-corrected chi connectivity index (χ3v) is 11.7. The molecule has 1 heterocycles. The Hall–Kier alpha value is -3.86. The van der Waals surface area contributed by atoms with Gasteiger partial charge in [0, 0.05) is 39.1 Å².